The highest BCUT2D eigenvalue weighted by Gasteiger charge is 2.31. The quantitative estimate of drug-likeness (QED) is 0.843. The van der Waals surface area contributed by atoms with Crippen molar-refractivity contribution in [3.8, 4) is 0 Å². The van der Waals surface area contributed by atoms with E-state index in [1.165, 1.54) is 15.6 Å². The lowest BCUT2D eigenvalue weighted by atomic mass is 10.2. The molecule has 1 aliphatic carbocycles. The van der Waals surface area contributed by atoms with Crippen molar-refractivity contribution in [2.45, 2.75) is 25.9 Å². The molecule has 1 aromatic rings. The Kier molecular flexibility index (Phi) is 2.89. The van der Waals surface area contributed by atoms with Gasteiger partial charge in [0.05, 0.1) is 0 Å². The van der Waals surface area contributed by atoms with Crippen LogP contribution >= 0.6 is 22.6 Å². The number of halogens is 1. The zero-order valence-electron chi connectivity index (χ0n) is 7.76. The lowest BCUT2D eigenvalue weighted by molar-refractivity contribution is 0.652. The van der Waals surface area contributed by atoms with Crippen LogP contribution in [0.25, 0.3) is 0 Å². The van der Waals surface area contributed by atoms with Crippen LogP contribution in [0.2, 0.25) is 0 Å². The van der Waals surface area contributed by atoms with Crippen LogP contribution in [0.5, 0.6) is 0 Å². The highest BCUT2D eigenvalue weighted by Crippen LogP contribution is 2.29. The van der Waals surface area contributed by atoms with Gasteiger partial charge in [0.15, 0.2) is 0 Å². The van der Waals surface area contributed by atoms with Crippen molar-refractivity contribution < 1.29 is 0 Å². The average molecular weight is 287 g/mol. The molecule has 2 atom stereocenters. The van der Waals surface area contributed by atoms with E-state index in [2.05, 4.69) is 59.1 Å². The van der Waals surface area contributed by atoms with Gasteiger partial charge in [0.25, 0.3) is 0 Å². The Labute approximate surface area is 93.1 Å². The first kappa shape index (κ1) is 9.46. The van der Waals surface area contributed by atoms with Gasteiger partial charge in [-0.25, -0.2) is 0 Å². The van der Waals surface area contributed by atoms with Crippen LogP contribution < -0.4 is 5.32 Å². The van der Waals surface area contributed by atoms with Gasteiger partial charge >= 0.3 is 0 Å². The molecule has 0 spiro atoms. The van der Waals surface area contributed by atoms with E-state index in [1.807, 2.05) is 0 Å². The molecule has 1 aliphatic rings. The normalized spacial score (nSPS) is 26.0. The second-order valence-corrected chi connectivity index (χ2v) is 5.07. The summed E-state index contributed by atoms with van der Waals surface area (Å²) in [5, 5.41) is 3.54. The van der Waals surface area contributed by atoms with Gasteiger partial charge in [-0.05, 0) is 52.6 Å². The topological polar surface area (TPSA) is 12.0 Å². The van der Waals surface area contributed by atoms with Crippen molar-refractivity contribution in [2.75, 3.05) is 0 Å². The second kappa shape index (κ2) is 3.96. The monoisotopic (exact) mass is 287 g/mol. The van der Waals surface area contributed by atoms with Crippen molar-refractivity contribution in [1.82, 2.24) is 5.32 Å². The SMILES string of the molecule is CC1CC1NCc1ccc(I)cc1. The third-order valence-electron chi connectivity index (χ3n) is 2.59. The van der Waals surface area contributed by atoms with Crippen LogP contribution in [0, 0.1) is 9.49 Å². The Morgan fingerprint density at radius 2 is 2.00 bits per heavy atom. The summed E-state index contributed by atoms with van der Waals surface area (Å²) < 4.78 is 1.31. The summed E-state index contributed by atoms with van der Waals surface area (Å²) >= 11 is 2.33. The van der Waals surface area contributed by atoms with Crippen molar-refractivity contribution in [1.29, 1.82) is 0 Å². The van der Waals surface area contributed by atoms with E-state index in [9.17, 15) is 0 Å². The van der Waals surface area contributed by atoms with E-state index in [0.717, 1.165) is 18.5 Å². The molecular weight excluding hydrogens is 273 g/mol. The minimum atomic E-state index is 0.777. The summed E-state index contributed by atoms with van der Waals surface area (Å²) in [6.07, 6.45) is 1.35. The van der Waals surface area contributed by atoms with Gasteiger partial charge in [-0.3, -0.25) is 0 Å². The Morgan fingerprint density at radius 1 is 1.38 bits per heavy atom. The molecule has 2 rings (SSSR count). The molecule has 0 aromatic heterocycles. The summed E-state index contributed by atoms with van der Waals surface area (Å²) in [6.45, 7) is 3.32. The Morgan fingerprint density at radius 3 is 2.54 bits per heavy atom. The lowest BCUT2D eigenvalue weighted by Gasteiger charge is -2.03. The molecule has 0 amide bonds. The van der Waals surface area contributed by atoms with E-state index in [4.69, 9.17) is 0 Å². The van der Waals surface area contributed by atoms with Crippen molar-refractivity contribution in [2.24, 2.45) is 5.92 Å². The van der Waals surface area contributed by atoms with E-state index in [1.54, 1.807) is 0 Å². The third kappa shape index (κ3) is 2.68. The van der Waals surface area contributed by atoms with Crippen LogP contribution in [0.1, 0.15) is 18.9 Å². The molecule has 0 aliphatic heterocycles. The highest BCUT2D eigenvalue weighted by molar-refractivity contribution is 14.1. The standard InChI is InChI=1S/C11H14IN/c1-8-6-11(8)13-7-9-2-4-10(12)5-3-9/h2-5,8,11,13H,6-7H2,1H3. The van der Waals surface area contributed by atoms with Gasteiger partial charge in [0, 0.05) is 16.2 Å². The molecule has 1 nitrogen and oxygen atoms in total. The summed E-state index contributed by atoms with van der Waals surface area (Å²) in [7, 11) is 0. The molecule has 0 radical (unpaired) electrons. The van der Waals surface area contributed by atoms with Gasteiger partial charge in [-0.2, -0.15) is 0 Å². The molecule has 0 bridgehead atoms. The van der Waals surface area contributed by atoms with Gasteiger partial charge in [0.1, 0.15) is 0 Å². The fraction of sp³-hybridized carbons (Fsp3) is 0.455. The van der Waals surface area contributed by atoms with Crippen LogP contribution in [-0.4, -0.2) is 6.04 Å². The minimum Gasteiger partial charge on any atom is -0.310 e. The van der Waals surface area contributed by atoms with Crippen LogP contribution in [0.3, 0.4) is 0 Å². The third-order valence-corrected chi connectivity index (χ3v) is 3.31. The maximum absolute atomic E-state index is 3.54. The lowest BCUT2D eigenvalue weighted by Crippen LogP contribution is -2.16. The zero-order chi connectivity index (χ0) is 9.26. The summed E-state index contributed by atoms with van der Waals surface area (Å²) in [5.74, 6) is 0.892. The smallest absolute Gasteiger partial charge is 0.0208 e. The number of nitrogens with one attached hydrogen (secondary N) is 1. The van der Waals surface area contributed by atoms with Gasteiger partial charge in [0.2, 0.25) is 0 Å². The number of benzene rings is 1. The first-order chi connectivity index (χ1) is 6.25. The largest absolute Gasteiger partial charge is 0.310 e. The predicted octanol–water partition coefficient (Wildman–Crippen LogP) is 2.79. The van der Waals surface area contributed by atoms with Crippen LogP contribution in [0.4, 0.5) is 0 Å². The molecule has 1 saturated carbocycles. The molecule has 13 heavy (non-hydrogen) atoms. The molecule has 0 heterocycles. The Balaban J connectivity index is 1.84. The summed E-state index contributed by atoms with van der Waals surface area (Å²) in [6, 6.07) is 9.49. The molecule has 1 aromatic carbocycles. The maximum atomic E-state index is 3.54. The number of hydrogen-bond acceptors (Lipinski definition) is 1. The van der Waals surface area contributed by atoms with Gasteiger partial charge in [-0.15, -0.1) is 0 Å². The maximum Gasteiger partial charge on any atom is 0.0208 e. The van der Waals surface area contributed by atoms with Crippen molar-refractivity contribution >= 4 is 22.6 Å². The Hall–Kier alpha value is -0.0900. The predicted molar refractivity (Wildman–Crippen MR) is 63.6 cm³/mol. The molecule has 1 fully saturated rings. The van der Waals surface area contributed by atoms with Crippen molar-refractivity contribution in [3.05, 3.63) is 33.4 Å². The van der Waals surface area contributed by atoms with Crippen LogP contribution in [-0.2, 0) is 6.54 Å². The van der Waals surface area contributed by atoms with E-state index < -0.39 is 0 Å². The number of hydrogen-bond donors (Lipinski definition) is 1. The van der Waals surface area contributed by atoms with Crippen molar-refractivity contribution in [3.63, 3.8) is 0 Å². The first-order valence-electron chi connectivity index (χ1n) is 4.73. The highest BCUT2D eigenvalue weighted by atomic mass is 127. The van der Waals surface area contributed by atoms with Gasteiger partial charge in [-0.1, -0.05) is 19.1 Å². The van der Waals surface area contributed by atoms with Gasteiger partial charge < -0.3 is 5.32 Å². The second-order valence-electron chi connectivity index (χ2n) is 3.83. The number of rotatable bonds is 3. The van der Waals surface area contributed by atoms with E-state index in [-0.39, 0.29) is 0 Å². The fourth-order valence-corrected chi connectivity index (χ4v) is 1.82. The zero-order valence-corrected chi connectivity index (χ0v) is 9.91. The molecule has 1 N–H and O–H groups in total. The average Bonchev–Trinajstić information content (AvgIpc) is 2.81. The van der Waals surface area contributed by atoms with Crippen LogP contribution in [0.15, 0.2) is 24.3 Å². The first-order valence-corrected chi connectivity index (χ1v) is 5.81. The summed E-state index contributed by atoms with van der Waals surface area (Å²) in [4.78, 5) is 0. The Bertz CT molecular complexity index is 281. The summed E-state index contributed by atoms with van der Waals surface area (Å²) in [5.41, 5.74) is 1.39. The molecule has 70 valence electrons. The molecule has 2 unspecified atom stereocenters. The molecular formula is C11H14IN. The van der Waals surface area contributed by atoms with E-state index >= 15 is 0 Å². The minimum absolute atomic E-state index is 0.777. The molecule has 2 heteroatoms. The fourth-order valence-electron chi connectivity index (χ4n) is 1.46. The molecule has 0 saturated heterocycles. The van der Waals surface area contributed by atoms with E-state index in [0.29, 0.717) is 0 Å².